The Labute approximate surface area is 91.7 Å². The largest absolute Gasteiger partial charge is 0.494 e. The van der Waals surface area contributed by atoms with E-state index in [2.05, 4.69) is 0 Å². The van der Waals surface area contributed by atoms with E-state index in [4.69, 9.17) is 9.84 Å². The first-order chi connectivity index (χ1) is 7.39. The third-order valence-corrected chi connectivity index (χ3v) is 2.12. The van der Waals surface area contributed by atoms with Gasteiger partial charge in [-0.3, -0.25) is 0 Å². The first-order valence-electron chi connectivity index (χ1n) is 4.74. The zero-order valence-corrected chi connectivity index (χ0v) is 8.96. The van der Waals surface area contributed by atoms with Crippen molar-refractivity contribution >= 4 is 5.97 Å². The molecule has 0 aliphatic carbocycles. The minimum Gasteiger partial charge on any atom is -0.494 e. The molecule has 1 aromatic rings. The van der Waals surface area contributed by atoms with E-state index in [1.807, 2.05) is 0 Å². The Morgan fingerprint density at radius 1 is 1.50 bits per heavy atom. The minimum atomic E-state index is -3.87. The maximum absolute atomic E-state index is 13.2. The topological polar surface area (TPSA) is 46.5 Å². The van der Waals surface area contributed by atoms with Crippen LogP contribution in [0, 0.1) is 6.92 Å². The second-order valence-electron chi connectivity index (χ2n) is 3.29. The van der Waals surface area contributed by atoms with E-state index < -0.39 is 17.5 Å². The summed E-state index contributed by atoms with van der Waals surface area (Å²) in [5.74, 6) is -5.57. The van der Waals surface area contributed by atoms with Crippen LogP contribution < -0.4 is 4.74 Å². The Kier molecular flexibility index (Phi) is 3.47. The molecule has 0 spiro atoms. The number of hydrogen-bond donors (Lipinski definition) is 1. The van der Waals surface area contributed by atoms with Gasteiger partial charge in [0.25, 0.3) is 0 Å². The van der Waals surface area contributed by atoms with Gasteiger partial charge >= 0.3 is 11.9 Å². The summed E-state index contributed by atoms with van der Waals surface area (Å²) in [7, 11) is 0. The average molecular weight is 230 g/mol. The molecule has 0 saturated heterocycles. The summed E-state index contributed by atoms with van der Waals surface area (Å²) in [4.78, 5) is 10.4. The van der Waals surface area contributed by atoms with E-state index >= 15 is 0 Å². The van der Waals surface area contributed by atoms with Crippen LogP contribution in [0.1, 0.15) is 18.1 Å². The number of alkyl halides is 2. The van der Waals surface area contributed by atoms with Crippen molar-refractivity contribution < 1.29 is 23.4 Å². The van der Waals surface area contributed by atoms with Gasteiger partial charge in [-0.15, -0.1) is 0 Å². The molecule has 0 radical (unpaired) electrons. The molecule has 0 saturated carbocycles. The Balaban J connectivity index is 3.13. The third-order valence-electron chi connectivity index (χ3n) is 2.12. The summed E-state index contributed by atoms with van der Waals surface area (Å²) in [5, 5.41) is 8.41. The van der Waals surface area contributed by atoms with Crippen molar-refractivity contribution in [2.75, 3.05) is 6.61 Å². The number of hydrogen-bond acceptors (Lipinski definition) is 2. The van der Waals surface area contributed by atoms with Gasteiger partial charge < -0.3 is 9.84 Å². The second-order valence-corrected chi connectivity index (χ2v) is 3.29. The minimum absolute atomic E-state index is 0.193. The molecule has 5 heteroatoms. The van der Waals surface area contributed by atoms with Crippen molar-refractivity contribution in [1.29, 1.82) is 0 Å². The fraction of sp³-hybridized carbons (Fsp3) is 0.364. The van der Waals surface area contributed by atoms with E-state index in [1.54, 1.807) is 6.92 Å². The van der Waals surface area contributed by atoms with Gasteiger partial charge in [0.05, 0.1) is 6.61 Å². The van der Waals surface area contributed by atoms with Crippen molar-refractivity contribution in [2.45, 2.75) is 19.8 Å². The van der Waals surface area contributed by atoms with Crippen LogP contribution in [0.15, 0.2) is 18.2 Å². The molecule has 1 rings (SSSR count). The molecule has 0 aliphatic heterocycles. The Bertz CT molecular complexity index is 402. The molecule has 88 valence electrons. The second kappa shape index (κ2) is 4.47. The quantitative estimate of drug-likeness (QED) is 0.864. The number of aryl methyl sites for hydroxylation is 1. The number of carboxylic acid groups (broad SMARTS) is 1. The highest BCUT2D eigenvalue weighted by Gasteiger charge is 2.42. The zero-order chi connectivity index (χ0) is 12.3. The Morgan fingerprint density at radius 3 is 2.56 bits per heavy atom. The van der Waals surface area contributed by atoms with E-state index in [-0.39, 0.29) is 5.56 Å². The first-order valence-corrected chi connectivity index (χ1v) is 4.74. The lowest BCUT2D eigenvalue weighted by Crippen LogP contribution is -2.26. The lowest BCUT2D eigenvalue weighted by atomic mass is 10.0. The van der Waals surface area contributed by atoms with Crippen molar-refractivity contribution in [3.63, 3.8) is 0 Å². The molecule has 0 bridgehead atoms. The number of aliphatic carboxylic acids is 1. The van der Waals surface area contributed by atoms with Crippen LogP contribution in [0.3, 0.4) is 0 Å². The molecule has 0 unspecified atom stereocenters. The van der Waals surface area contributed by atoms with E-state index in [1.165, 1.54) is 19.1 Å². The summed E-state index contributed by atoms with van der Waals surface area (Å²) >= 11 is 0. The maximum Gasteiger partial charge on any atom is 0.379 e. The smallest absolute Gasteiger partial charge is 0.379 e. The van der Waals surface area contributed by atoms with Gasteiger partial charge in [-0.2, -0.15) is 8.78 Å². The normalized spacial score (nSPS) is 11.2. The van der Waals surface area contributed by atoms with Crippen molar-refractivity contribution in [3.8, 4) is 5.75 Å². The predicted octanol–water partition coefficient (Wildman–Crippen LogP) is 2.57. The van der Waals surface area contributed by atoms with Crippen LogP contribution in [-0.2, 0) is 10.7 Å². The Hall–Kier alpha value is -1.65. The van der Waals surface area contributed by atoms with Crippen molar-refractivity contribution in [1.82, 2.24) is 0 Å². The third kappa shape index (κ3) is 2.29. The molecule has 1 aromatic carbocycles. The molecular formula is C11H12F2O3. The zero-order valence-electron chi connectivity index (χ0n) is 8.96. The van der Waals surface area contributed by atoms with Gasteiger partial charge in [0.1, 0.15) is 5.75 Å². The molecule has 0 heterocycles. The predicted molar refractivity (Wildman–Crippen MR) is 53.9 cm³/mol. The number of halogens is 2. The molecule has 3 nitrogen and oxygen atoms in total. The Morgan fingerprint density at radius 2 is 2.12 bits per heavy atom. The monoisotopic (exact) mass is 230 g/mol. The van der Waals surface area contributed by atoms with Gasteiger partial charge in [-0.25, -0.2) is 4.79 Å². The average Bonchev–Trinajstić information content (AvgIpc) is 2.17. The van der Waals surface area contributed by atoms with Crippen molar-refractivity contribution in [2.24, 2.45) is 0 Å². The van der Waals surface area contributed by atoms with Crippen LogP contribution in [0.5, 0.6) is 5.75 Å². The highest BCUT2D eigenvalue weighted by molar-refractivity contribution is 5.77. The molecule has 16 heavy (non-hydrogen) atoms. The van der Waals surface area contributed by atoms with Crippen molar-refractivity contribution in [3.05, 3.63) is 29.3 Å². The SMILES string of the molecule is CCOc1ccc(C(F)(F)C(=O)O)c(C)c1. The maximum atomic E-state index is 13.2. The molecule has 0 amide bonds. The molecule has 0 fully saturated rings. The summed E-state index contributed by atoms with van der Waals surface area (Å²) in [6.45, 7) is 3.62. The molecule has 1 N–H and O–H groups in total. The first kappa shape index (κ1) is 12.4. The van der Waals surface area contributed by atoms with Gasteiger partial charge in [0, 0.05) is 5.56 Å². The van der Waals surface area contributed by atoms with Gasteiger partial charge in [-0.1, -0.05) is 0 Å². The van der Waals surface area contributed by atoms with Crippen LogP contribution in [0.2, 0.25) is 0 Å². The number of ether oxygens (including phenoxy) is 1. The number of rotatable bonds is 4. The highest BCUT2D eigenvalue weighted by atomic mass is 19.3. The fourth-order valence-electron chi connectivity index (χ4n) is 1.36. The van der Waals surface area contributed by atoms with Crippen LogP contribution in [0.4, 0.5) is 8.78 Å². The van der Waals surface area contributed by atoms with E-state index in [0.717, 1.165) is 6.07 Å². The highest BCUT2D eigenvalue weighted by Crippen LogP contribution is 2.32. The fourth-order valence-corrected chi connectivity index (χ4v) is 1.36. The van der Waals surface area contributed by atoms with E-state index in [9.17, 15) is 13.6 Å². The molecule has 0 aliphatic rings. The lowest BCUT2D eigenvalue weighted by Gasteiger charge is -2.15. The number of carbonyl (C=O) groups is 1. The summed E-state index contributed by atoms with van der Waals surface area (Å²) in [6.07, 6.45) is 0. The van der Waals surface area contributed by atoms with Crippen LogP contribution in [0.25, 0.3) is 0 Å². The molecule has 0 atom stereocenters. The summed E-state index contributed by atoms with van der Waals surface area (Å²) in [5.41, 5.74) is -0.318. The number of carboxylic acids is 1. The molecule has 0 aromatic heterocycles. The molecular weight excluding hydrogens is 218 g/mol. The number of benzene rings is 1. The lowest BCUT2D eigenvalue weighted by molar-refractivity contribution is -0.166. The standard InChI is InChI=1S/C11H12F2O3/c1-3-16-8-4-5-9(7(2)6-8)11(12,13)10(14)15/h4-6H,3H2,1-2H3,(H,14,15). The van der Waals surface area contributed by atoms with E-state index in [0.29, 0.717) is 12.4 Å². The summed E-state index contributed by atoms with van der Waals surface area (Å²) in [6, 6.07) is 3.81. The van der Waals surface area contributed by atoms with Gasteiger partial charge in [0.2, 0.25) is 0 Å². The van der Waals surface area contributed by atoms with Gasteiger partial charge in [-0.05, 0) is 37.6 Å². The van der Waals surface area contributed by atoms with Crippen LogP contribution in [-0.4, -0.2) is 17.7 Å². The van der Waals surface area contributed by atoms with Crippen LogP contribution >= 0.6 is 0 Å². The van der Waals surface area contributed by atoms with Gasteiger partial charge in [0.15, 0.2) is 0 Å². The summed E-state index contributed by atoms with van der Waals surface area (Å²) < 4.78 is 31.6.